The Hall–Kier alpha value is -1.38. The molecule has 0 radical (unpaired) electrons. The van der Waals surface area contributed by atoms with E-state index < -0.39 is 0 Å². The zero-order valence-electron chi connectivity index (χ0n) is 5.20. The summed E-state index contributed by atoms with van der Waals surface area (Å²) < 4.78 is 0. The average Bonchev–Trinajstić information content (AvgIpc) is 2.35. The third-order valence-corrected chi connectivity index (χ3v) is 1.60. The second-order valence-electron chi connectivity index (χ2n) is 2.29. The zero-order valence-corrected chi connectivity index (χ0v) is 5.20. The summed E-state index contributed by atoms with van der Waals surface area (Å²) in [5.74, 6) is -0.0789. The first kappa shape index (κ1) is 5.41. The maximum atomic E-state index is 10.8. The van der Waals surface area contributed by atoms with Crippen molar-refractivity contribution in [3.8, 4) is 0 Å². The minimum atomic E-state index is -0.0860. The highest BCUT2D eigenvalue weighted by atomic mass is 16.2. The molecule has 0 saturated carbocycles. The van der Waals surface area contributed by atoms with Crippen LogP contribution in [0.15, 0.2) is 23.9 Å². The third-order valence-electron chi connectivity index (χ3n) is 1.60. The van der Waals surface area contributed by atoms with Crippen LogP contribution in [-0.2, 0) is 9.59 Å². The minimum absolute atomic E-state index is 0.00713. The largest absolute Gasteiger partial charge is 0.301 e. The summed E-state index contributed by atoms with van der Waals surface area (Å²) >= 11 is 0. The Kier molecular flexibility index (Phi) is 0.845. The number of nitrogens with zero attached hydrogens (tertiary/aromatic N) is 1. The van der Waals surface area contributed by atoms with Gasteiger partial charge in [0.25, 0.3) is 5.91 Å². The van der Waals surface area contributed by atoms with Crippen LogP contribution in [0.5, 0.6) is 0 Å². The van der Waals surface area contributed by atoms with E-state index in [0.29, 0.717) is 0 Å². The molecule has 2 heterocycles. The molecule has 0 spiro atoms. The summed E-state index contributed by atoms with van der Waals surface area (Å²) in [4.78, 5) is 23.0. The lowest BCUT2D eigenvalue weighted by Crippen LogP contribution is -2.23. The van der Waals surface area contributed by atoms with Crippen molar-refractivity contribution in [2.45, 2.75) is 0 Å². The fraction of sp³-hybridized carbons (Fsp3) is 0.143. The molecule has 1 amide bonds. The van der Waals surface area contributed by atoms with Crippen LogP contribution < -0.4 is 0 Å². The summed E-state index contributed by atoms with van der Waals surface area (Å²) in [6.45, 7) is 0.223. The Bertz CT molecular complexity index is 275. The van der Waals surface area contributed by atoms with Gasteiger partial charge in [0.2, 0.25) is 0 Å². The maximum Gasteiger partial charge on any atom is 0.251 e. The molecule has 10 heavy (non-hydrogen) atoms. The first-order valence-corrected chi connectivity index (χ1v) is 3.01. The van der Waals surface area contributed by atoms with Gasteiger partial charge in [0, 0.05) is 17.8 Å². The van der Waals surface area contributed by atoms with E-state index in [4.69, 9.17) is 0 Å². The molecular weight excluding hydrogens is 130 g/mol. The number of rotatable bonds is 0. The predicted molar refractivity (Wildman–Crippen MR) is 33.9 cm³/mol. The molecule has 0 atom stereocenters. The number of allylic oxidation sites excluding steroid dienone is 1. The summed E-state index contributed by atoms with van der Waals surface area (Å²) in [6, 6.07) is 0. The lowest BCUT2D eigenvalue weighted by molar-refractivity contribution is -0.126. The normalized spacial score (nSPS) is 22.0. The molecule has 3 nitrogen and oxygen atoms in total. The van der Waals surface area contributed by atoms with Crippen LogP contribution >= 0.6 is 0 Å². The van der Waals surface area contributed by atoms with Crippen molar-refractivity contribution in [3.63, 3.8) is 0 Å². The summed E-state index contributed by atoms with van der Waals surface area (Å²) in [5.41, 5.74) is 0.731. The van der Waals surface area contributed by atoms with Gasteiger partial charge < -0.3 is 4.90 Å². The van der Waals surface area contributed by atoms with Crippen molar-refractivity contribution in [1.82, 2.24) is 4.90 Å². The number of carbonyl (C=O) groups excluding carboxylic acids is 2. The van der Waals surface area contributed by atoms with Crippen molar-refractivity contribution < 1.29 is 9.59 Å². The maximum absolute atomic E-state index is 10.8. The molecule has 0 saturated heterocycles. The number of ketones is 1. The Morgan fingerprint density at radius 2 is 2.10 bits per heavy atom. The van der Waals surface area contributed by atoms with Gasteiger partial charge >= 0.3 is 0 Å². The number of amides is 1. The fourth-order valence-corrected chi connectivity index (χ4v) is 1.13. The Balaban J connectivity index is 2.43. The fourth-order valence-electron chi connectivity index (χ4n) is 1.13. The lowest BCUT2D eigenvalue weighted by Gasteiger charge is -2.07. The Morgan fingerprint density at radius 1 is 1.30 bits per heavy atom. The second-order valence-corrected chi connectivity index (χ2v) is 2.29. The summed E-state index contributed by atoms with van der Waals surface area (Å²) in [5, 5.41) is 0. The van der Waals surface area contributed by atoms with E-state index in [1.165, 1.54) is 17.1 Å². The lowest BCUT2D eigenvalue weighted by atomic mass is 10.4. The van der Waals surface area contributed by atoms with E-state index in [2.05, 4.69) is 0 Å². The van der Waals surface area contributed by atoms with Gasteiger partial charge in [0.05, 0.1) is 6.54 Å². The number of hydrogen-bond donors (Lipinski definition) is 0. The third kappa shape index (κ3) is 0.543. The number of fused-ring (bicyclic) bond motifs is 1. The molecule has 0 N–H and O–H groups in total. The van der Waals surface area contributed by atoms with Gasteiger partial charge in [-0.1, -0.05) is 0 Å². The van der Waals surface area contributed by atoms with Crippen LogP contribution in [0.2, 0.25) is 0 Å². The van der Waals surface area contributed by atoms with Crippen molar-refractivity contribution in [2.24, 2.45) is 0 Å². The highest BCUT2D eigenvalue weighted by Crippen LogP contribution is 2.19. The van der Waals surface area contributed by atoms with Crippen LogP contribution in [0.25, 0.3) is 0 Å². The van der Waals surface area contributed by atoms with Crippen LogP contribution in [0.1, 0.15) is 0 Å². The molecule has 2 aliphatic rings. The van der Waals surface area contributed by atoms with Crippen LogP contribution in [0, 0.1) is 0 Å². The van der Waals surface area contributed by atoms with Gasteiger partial charge in [-0.2, -0.15) is 0 Å². The molecule has 0 aromatic carbocycles. The second kappa shape index (κ2) is 1.56. The van der Waals surface area contributed by atoms with Gasteiger partial charge in [-0.3, -0.25) is 9.59 Å². The van der Waals surface area contributed by atoms with E-state index in [-0.39, 0.29) is 18.2 Å². The Morgan fingerprint density at radius 3 is 2.80 bits per heavy atom. The molecule has 0 bridgehead atoms. The van der Waals surface area contributed by atoms with Crippen molar-refractivity contribution >= 4 is 11.7 Å². The van der Waals surface area contributed by atoms with Gasteiger partial charge in [0.15, 0.2) is 5.78 Å². The SMILES string of the molecule is O=C1C=C2C=CC(=O)N2C1. The number of carbonyl (C=O) groups is 2. The molecule has 3 heteroatoms. The molecule has 0 aromatic heterocycles. The highest BCUT2D eigenvalue weighted by molar-refractivity contribution is 6.04. The van der Waals surface area contributed by atoms with Gasteiger partial charge in [-0.05, 0) is 6.08 Å². The van der Waals surface area contributed by atoms with Gasteiger partial charge in [0.1, 0.15) is 0 Å². The zero-order chi connectivity index (χ0) is 7.14. The predicted octanol–water partition coefficient (Wildman–Crippen LogP) is -0.149. The highest BCUT2D eigenvalue weighted by Gasteiger charge is 2.27. The van der Waals surface area contributed by atoms with Gasteiger partial charge in [-0.25, -0.2) is 0 Å². The first-order chi connectivity index (χ1) is 4.77. The molecule has 0 aromatic rings. The summed E-state index contributed by atoms with van der Waals surface area (Å²) in [6.07, 6.45) is 4.62. The average molecular weight is 135 g/mol. The van der Waals surface area contributed by atoms with E-state index >= 15 is 0 Å². The Labute approximate surface area is 57.6 Å². The monoisotopic (exact) mass is 135 g/mol. The van der Waals surface area contributed by atoms with Crippen LogP contribution in [-0.4, -0.2) is 23.1 Å². The van der Waals surface area contributed by atoms with E-state index in [1.54, 1.807) is 6.08 Å². The topological polar surface area (TPSA) is 37.4 Å². The van der Waals surface area contributed by atoms with Crippen molar-refractivity contribution in [2.75, 3.05) is 6.54 Å². The first-order valence-electron chi connectivity index (χ1n) is 3.01. The molecule has 2 aliphatic heterocycles. The van der Waals surface area contributed by atoms with E-state index in [9.17, 15) is 9.59 Å². The van der Waals surface area contributed by atoms with E-state index in [1.807, 2.05) is 0 Å². The van der Waals surface area contributed by atoms with Crippen LogP contribution in [0.3, 0.4) is 0 Å². The molecule has 0 aliphatic carbocycles. The summed E-state index contributed by atoms with van der Waals surface area (Å²) in [7, 11) is 0. The minimum Gasteiger partial charge on any atom is -0.301 e. The van der Waals surface area contributed by atoms with Crippen molar-refractivity contribution in [1.29, 1.82) is 0 Å². The van der Waals surface area contributed by atoms with Gasteiger partial charge in [-0.15, -0.1) is 0 Å². The number of hydrogen-bond acceptors (Lipinski definition) is 2. The van der Waals surface area contributed by atoms with Crippen molar-refractivity contribution in [3.05, 3.63) is 23.9 Å². The van der Waals surface area contributed by atoms with E-state index in [0.717, 1.165) is 5.70 Å². The molecule has 0 unspecified atom stereocenters. The molecule has 0 fully saturated rings. The van der Waals surface area contributed by atoms with Crippen LogP contribution in [0.4, 0.5) is 0 Å². The molecule has 50 valence electrons. The smallest absolute Gasteiger partial charge is 0.251 e. The molecule has 2 rings (SSSR count). The molecular formula is C7H5NO2. The standard InChI is InChI=1S/C7H5NO2/c9-6-3-5-1-2-7(10)8(5)4-6/h1-3H,4H2. The quantitative estimate of drug-likeness (QED) is 0.463.